The van der Waals surface area contributed by atoms with Crippen molar-refractivity contribution in [2.45, 2.75) is 127 Å². The SMILES string of the molecule is CC[C@@H]1[C@@H]2CN(C(=O)[C@H](C3CCCCC3)CC(=O)O[C@]3(C)CCC[C@H]3CCCCC(F)(F)c3nc4ccc(OC)cc4nc3O2)[C@@H]1C=O. The minimum atomic E-state index is -3.35. The highest BCUT2D eigenvalue weighted by Crippen LogP contribution is 2.45. The number of aromatic nitrogens is 2. The normalized spacial score (nSPS) is 32.0. The average molecular weight is 670 g/mol. The van der Waals surface area contributed by atoms with Crippen LogP contribution in [-0.4, -0.2) is 64.4 Å². The fourth-order valence-electron chi connectivity index (χ4n) is 8.89. The molecule has 6 atom stereocenters. The molecule has 1 amide bonds. The quantitative estimate of drug-likeness (QED) is 0.249. The van der Waals surface area contributed by atoms with Crippen molar-refractivity contribution in [2.24, 2.45) is 23.7 Å². The summed E-state index contributed by atoms with van der Waals surface area (Å²) in [5.41, 5.74) is -0.606. The molecule has 2 bridgehead atoms. The van der Waals surface area contributed by atoms with Gasteiger partial charge in [-0.25, -0.2) is 9.97 Å². The zero-order valence-electron chi connectivity index (χ0n) is 28.4. The Balaban J connectivity index is 1.41. The van der Waals surface area contributed by atoms with Crippen molar-refractivity contribution in [3.8, 4) is 11.6 Å². The van der Waals surface area contributed by atoms with Gasteiger partial charge in [0.05, 0.1) is 43.1 Å². The Morgan fingerprint density at radius 2 is 1.75 bits per heavy atom. The van der Waals surface area contributed by atoms with Gasteiger partial charge in [-0.05, 0) is 82.3 Å². The number of aldehydes is 1. The fraction of sp³-hybridized carbons (Fsp3) is 0.703. The van der Waals surface area contributed by atoms with Crippen molar-refractivity contribution < 1.29 is 37.4 Å². The van der Waals surface area contributed by atoms with E-state index in [4.69, 9.17) is 14.2 Å². The minimum Gasteiger partial charge on any atom is -0.497 e. The number of hydrogen-bond acceptors (Lipinski definition) is 8. The molecule has 0 spiro atoms. The van der Waals surface area contributed by atoms with E-state index in [0.29, 0.717) is 42.5 Å². The topological polar surface area (TPSA) is 108 Å². The Labute approximate surface area is 281 Å². The molecule has 2 aliphatic carbocycles. The molecular weight excluding hydrogens is 620 g/mol. The predicted molar refractivity (Wildman–Crippen MR) is 175 cm³/mol. The smallest absolute Gasteiger partial charge is 0.307 e. The summed E-state index contributed by atoms with van der Waals surface area (Å²) in [4.78, 5) is 51.4. The van der Waals surface area contributed by atoms with Crippen molar-refractivity contribution in [1.29, 1.82) is 0 Å². The number of ether oxygens (including phenoxy) is 3. The molecule has 1 aromatic carbocycles. The first-order valence-corrected chi connectivity index (χ1v) is 17.9. The molecule has 0 radical (unpaired) electrons. The summed E-state index contributed by atoms with van der Waals surface area (Å²) < 4.78 is 50.3. The van der Waals surface area contributed by atoms with Gasteiger partial charge in [0, 0.05) is 18.4 Å². The average Bonchev–Trinajstić information content (AvgIpc) is 3.63. The van der Waals surface area contributed by atoms with Crippen molar-refractivity contribution in [2.75, 3.05) is 13.7 Å². The van der Waals surface area contributed by atoms with Crippen LogP contribution in [0.4, 0.5) is 8.78 Å². The van der Waals surface area contributed by atoms with Gasteiger partial charge in [0.15, 0.2) is 5.69 Å². The molecule has 4 aliphatic rings. The number of nitrogens with zero attached hydrogens (tertiary/aromatic N) is 3. The van der Waals surface area contributed by atoms with Gasteiger partial charge in [-0.15, -0.1) is 0 Å². The summed E-state index contributed by atoms with van der Waals surface area (Å²) >= 11 is 0. The first-order chi connectivity index (χ1) is 23.1. The zero-order valence-corrected chi connectivity index (χ0v) is 28.4. The van der Waals surface area contributed by atoms with E-state index in [1.807, 2.05) is 13.8 Å². The number of carbonyl (C=O) groups excluding carboxylic acids is 3. The van der Waals surface area contributed by atoms with Gasteiger partial charge >= 0.3 is 5.97 Å². The third-order valence-electron chi connectivity index (χ3n) is 11.6. The van der Waals surface area contributed by atoms with Crippen molar-refractivity contribution in [3.05, 3.63) is 23.9 Å². The third-order valence-corrected chi connectivity index (χ3v) is 11.6. The summed E-state index contributed by atoms with van der Waals surface area (Å²) in [5.74, 6) is -4.85. The van der Waals surface area contributed by atoms with Crippen molar-refractivity contribution in [3.63, 3.8) is 0 Å². The largest absolute Gasteiger partial charge is 0.497 e. The molecule has 9 nitrogen and oxygen atoms in total. The maximum Gasteiger partial charge on any atom is 0.307 e. The van der Waals surface area contributed by atoms with Gasteiger partial charge in [0.2, 0.25) is 11.8 Å². The lowest BCUT2D eigenvalue weighted by molar-refractivity contribution is -0.166. The summed E-state index contributed by atoms with van der Waals surface area (Å²) in [7, 11) is 1.51. The molecule has 1 saturated heterocycles. The number of carbonyl (C=O) groups is 3. The second-order valence-corrected chi connectivity index (χ2v) is 14.6. The zero-order chi connectivity index (χ0) is 34.1. The molecule has 6 rings (SSSR count). The molecule has 262 valence electrons. The van der Waals surface area contributed by atoms with Crippen molar-refractivity contribution in [1.82, 2.24) is 14.9 Å². The Morgan fingerprint density at radius 1 is 1.00 bits per heavy atom. The molecule has 3 fully saturated rings. The number of hydrogen-bond donors (Lipinski definition) is 0. The van der Waals surface area contributed by atoms with E-state index in [1.165, 1.54) is 12.0 Å². The Bertz CT molecular complexity index is 1500. The van der Waals surface area contributed by atoms with Gasteiger partial charge in [0.25, 0.3) is 5.92 Å². The molecule has 1 aromatic heterocycles. The number of halogens is 2. The standard InChI is InChI=1S/C37H49F2N3O6/c1-4-26-30(22-43)42-21-31(26)47-34-33(40-28-16-15-25(46-3)19-29(28)41-34)37(38,39)18-9-8-13-24-14-10-17-36(24,2)48-32(44)20-27(35(42)45)23-11-6-5-7-12-23/h15-16,19,22-24,26-27,30-31H,4-14,17-18,20-21H2,1-3H3/t24-,26+,27+,30-,31+,36-/m1/s1. The molecule has 2 saturated carbocycles. The van der Waals surface area contributed by atoms with Gasteiger partial charge in [-0.2, -0.15) is 8.78 Å². The van der Waals surface area contributed by atoms with Crippen LogP contribution >= 0.6 is 0 Å². The highest BCUT2D eigenvalue weighted by Gasteiger charge is 2.49. The van der Waals surface area contributed by atoms with Crippen molar-refractivity contribution >= 4 is 29.2 Å². The van der Waals surface area contributed by atoms with Crippen LogP contribution < -0.4 is 9.47 Å². The lowest BCUT2D eigenvalue weighted by Crippen LogP contribution is -2.46. The van der Waals surface area contributed by atoms with E-state index < -0.39 is 53.6 Å². The number of fused-ring (bicyclic) bond motifs is 5. The van der Waals surface area contributed by atoms with Gasteiger partial charge in [-0.1, -0.05) is 32.6 Å². The molecule has 0 N–H and O–H groups in total. The summed E-state index contributed by atoms with van der Waals surface area (Å²) in [6.07, 6.45) is 8.56. The van der Waals surface area contributed by atoms with Gasteiger partial charge in [0.1, 0.15) is 23.7 Å². The monoisotopic (exact) mass is 669 g/mol. The molecule has 0 unspecified atom stereocenters. The first kappa shape index (κ1) is 34.5. The Kier molecular flexibility index (Phi) is 10.2. The van der Waals surface area contributed by atoms with E-state index in [2.05, 4.69) is 9.97 Å². The summed E-state index contributed by atoms with van der Waals surface area (Å²) in [6.45, 7) is 3.86. The number of benzene rings is 1. The van der Waals surface area contributed by atoms with Crippen LogP contribution in [0, 0.1) is 23.7 Å². The van der Waals surface area contributed by atoms with E-state index in [0.717, 1.165) is 51.2 Å². The molecular formula is C37H49F2N3O6. The van der Waals surface area contributed by atoms with Crippen LogP contribution in [0.3, 0.4) is 0 Å². The maximum atomic E-state index is 16.2. The maximum absolute atomic E-state index is 16.2. The number of amides is 1. The molecule has 2 aliphatic heterocycles. The molecule has 3 heterocycles. The Hall–Kier alpha value is -3.37. The van der Waals surface area contributed by atoms with Crippen LogP contribution in [0.15, 0.2) is 18.2 Å². The number of alkyl halides is 2. The fourth-order valence-corrected chi connectivity index (χ4v) is 8.89. The first-order valence-electron chi connectivity index (χ1n) is 17.9. The highest BCUT2D eigenvalue weighted by atomic mass is 19.3. The van der Waals surface area contributed by atoms with Crippen LogP contribution in [0.25, 0.3) is 11.0 Å². The lowest BCUT2D eigenvalue weighted by atomic mass is 9.77. The number of rotatable bonds is 4. The highest BCUT2D eigenvalue weighted by molar-refractivity contribution is 5.87. The van der Waals surface area contributed by atoms with Gasteiger partial charge < -0.3 is 23.9 Å². The summed E-state index contributed by atoms with van der Waals surface area (Å²) in [6, 6.07) is 4.05. The minimum absolute atomic E-state index is 0.00412. The van der Waals surface area contributed by atoms with Gasteiger partial charge in [-0.3, -0.25) is 9.59 Å². The van der Waals surface area contributed by atoms with E-state index in [9.17, 15) is 14.4 Å². The van der Waals surface area contributed by atoms with E-state index in [-0.39, 0.29) is 43.0 Å². The second kappa shape index (κ2) is 14.2. The Morgan fingerprint density at radius 3 is 2.48 bits per heavy atom. The van der Waals surface area contributed by atoms with E-state index >= 15 is 8.78 Å². The van der Waals surface area contributed by atoms with E-state index in [1.54, 1.807) is 18.2 Å². The number of esters is 1. The van der Waals surface area contributed by atoms with Crippen LogP contribution in [0.2, 0.25) is 0 Å². The second-order valence-electron chi connectivity index (χ2n) is 14.6. The summed E-state index contributed by atoms with van der Waals surface area (Å²) in [5, 5.41) is 0. The molecule has 11 heteroatoms. The van der Waals surface area contributed by atoms with Crippen LogP contribution in [0.5, 0.6) is 11.6 Å². The molecule has 48 heavy (non-hydrogen) atoms. The lowest BCUT2D eigenvalue weighted by Gasteiger charge is -2.35. The van der Waals surface area contributed by atoms with Crippen LogP contribution in [-0.2, 0) is 25.0 Å². The van der Waals surface area contributed by atoms with Crippen LogP contribution in [0.1, 0.15) is 109 Å². The molecule has 2 aromatic rings. The number of methoxy groups -OCH3 is 1. The third kappa shape index (κ3) is 6.88. The predicted octanol–water partition coefficient (Wildman–Crippen LogP) is 7.18.